The van der Waals surface area contributed by atoms with E-state index >= 15 is 0 Å². The maximum Gasteiger partial charge on any atom is 0.326 e. The summed E-state index contributed by atoms with van der Waals surface area (Å²) in [6.45, 7) is 8.63. The number of carboxylic acid groups (broad SMARTS) is 2. The van der Waals surface area contributed by atoms with E-state index in [2.05, 4.69) is 31.9 Å². The Hall–Kier alpha value is -6.91. The highest BCUT2D eigenvalue weighted by atomic mass is 16.4. The lowest BCUT2D eigenvalue weighted by Crippen LogP contribution is -2.59. The number of nitrogens with one attached hydrogen (secondary N) is 6. The van der Waals surface area contributed by atoms with Gasteiger partial charge in [0.1, 0.15) is 30.0 Å². The van der Waals surface area contributed by atoms with Gasteiger partial charge in [0.2, 0.25) is 23.6 Å². The molecule has 60 heavy (non-hydrogen) atoms. The number of ketones is 1. The molecular formula is C43H52N6O11. The highest BCUT2D eigenvalue weighted by molar-refractivity contribution is 5.99. The number of carbonyl (C=O) groups excluding carboxylic acids is 7. The predicted molar refractivity (Wildman–Crippen MR) is 220 cm³/mol. The van der Waals surface area contributed by atoms with Gasteiger partial charge in [-0.25, -0.2) is 4.79 Å². The van der Waals surface area contributed by atoms with Crippen LogP contribution in [-0.2, 0) is 33.6 Å². The van der Waals surface area contributed by atoms with E-state index in [-0.39, 0.29) is 30.2 Å². The van der Waals surface area contributed by atoms with Crippen molar-refractivity contribution in [2.75, 3.05) is 13.1 Å². The molecular weight excluding hydrogens is 777 g/mol. The van der Waals surface area contributed by atoms with E-state index in [9.17, 15) is 48.3 Å². The van der Waals surface area contributed by atoms with Crippen LogP contribution in [0.5, 0.6) is 0 Å². The number of hydrogen-bond acceptors (Lipinski definition) is 9. The molecule has 0 aliphatic heterocycles. The van der Waals surface area contributed by atoms with Crippen molar-refractivity contribution in [3.63, 3.8) is 0 Å². The lowest BCUT2D eigenvalue weighted by molar-refractivity contribution is -0.144. The Morgan fingerprint density at radius 3 is 1.33 bits per heavy atom. The summed E-state index contributed by atoms with van der Waals surface area (Å²) in [7, 11) is 0. The zero-order valence-corrected chi connectivity index (χ0v) is 34.3. The van der Waals surface area contributed by atoms with Crippen LogP contribution in [-0.4, -0.2) is 101 Å². The minimum absolute atomic E-state index is 0.0342. The molecule has 0 bridgehead atoms. The van der Waals surface area contributed by atoms with Gasteiger partial charge in [0.25, 0.3) is 11.8 Å². The highest BCUT2D eigenvalue weighted by Gasteiger charge is 2.33. The Morgan fingerprint density at radius 2 is 0.933 bits per heavy atom. The number of carbonyl (C=O) groups is 9. The molecule has 8 N–H and O–H groups in total. The van der Waals surface area contributed by atoms with Crippen LogP contribution in [0.15, 0.2) is 72.8 Å². The molecule has 0 unspecified atom stereocenters. The van der Waals surface area contributed by atoms with E-state index in [1.165, 1.54) is 13.8 Å². The Kier molecular flexibility index (Phi) is 17.6. The van der Waals surface area contributed by atoms with Gasteiger partial charge < -0.3 is 42.1 Å². The van der Waals surface area contributed by atoms with Gasteiger partial charge >= 0.3 is 11.9 Å². The summed E-state index contributed by atoms with van der Waals surface area (Å²) >= 11 is 0. The van der Waals surface area contributed by atoms with E-state index < -0.39 is 90.4 Å². The van der Waals surface area contributed by atoms with E-state index in [1.807, 2.05) is 36.4 Å². The van der Waals surface area contributed by atoms with Crippen molar-refractivity contribution in [3.05, 3.63) is 83.9 Å². The minimum Gasteiger partial charge on any atom is -0.481 e. The van der Waals surface area contributed by atoms with E-state index in [0.29, 0.717) is 5.56 Å². The van der Waals surface area contributed by atoms with Gasteiger partial charge in [-0.1, -0.05) is 76.2 Å². The van der Waals surface area contributed by atoms with Crippen LogP contribution in [0.25, 0.3) is 22.3 Å². The summed E-state index contributed by atoms with van der Waals surface area (Å²) in [5.74, 6) is -7.78. The molecule has 3 aromatic rings. The van der Waals surface area contributed by atoms with E-state index in [4.69, 9.17) is 5.11 Å². The summed E-state index contributed by atoms with van der Waals surface area (Å²) in [6.07, 6.45) is -0.857. The van der Waals surface area contributed by atoms with Crippen LogP contribution in [0.3, 0.4) is 0 Å². The number of aliphatic carboxylic acids is 2. The SMILES string of the molecule is CC(=O)CNC(=O)c1ccc(-c2ccc(-c3ccc(C(=O)NCC(=O)N[C@@H](C)C(=O)N[C@H](C(=O)N[C@@H](CCC(=O)O)C(=O)N[C@H](C(=O)O)C(C)C)C(C)C)cc3)cc2)cc1. The van der Waals surface area contributed by atoms with E-state index in [1.54, 1.807) is 64.1 Å². The highest BCUT2D eigenvalue weighted by Crippen LogP contribution is 2.25. The summed E-state index contributed by atoms with van der Waals surface area (Å²) in [6, 6.07) is 16.3. The topological polar surface area (TPSA) is 266 Å². The molecule has 0 aromatic heterocycles. The molecule has 17 heteroatoms. The number of rotatable bonds is 21. The fourth-order valence-corrected chi connectivity index (χ4v) is 5.79. The van der Waals surface area contributed by atoms with Crippen LogP contribution in [0.1, 0.15) is 75.1 Å². The van der Waals surface area contributed by atoms with Gasteiger partial charge in [-0.2, -0.15) is 0 Å². The molecule has 320 valence electrons. The lowest BCUT2D eigenvalue weighted by Gasteiger charge is -2.27. The van der Waals surface area contributed by atoms with Gasteiger partial charge in [-0.05, 0) is 78.6 Å². The third-order valence-electron chi connectivity index (χ3n) is 9.28. The Morgan fingerprint density at radius 1 is 0.517 bits per heavy atom. The lowest BCUT2D eigenvalue weighted by atomic mass is 9.99. The van der Waals surface area contributed by atoms with Crippen molar-refractivity contribution in [1.29, 1.82) is 0 Å². The van der Waals surface area contributed by atoms with Crippen LogP contribution < -0.4 is 31.9 Å². The number of carboxylic acids is 2. The number of Topliss-reactive ketones (excluding diaryl/α,β-unsaturated/α-hetero) is 1. The molecule has 4 atom stereocenters. The second-order valence-corrected chi connectivity index (χ2v) is 14.9. The Balaban J connectivity index is 1.53. The molecule has 3 aromatic carbocycles. The monoisotopic (exact) mass is 828 g/mol. The quantitative estimate of drug-likeness (QED) is 0.0772. The maximum absolute atomic E-state index is 13.3. The molecule has 0 saturated heterocycles. The van der Waals surface area contributed by atoms with E-state index in [0.717, 1.165) is 22.3 Å². The summed E-state index contributed by atoms with van der Waals surface area (Å²) < 4.78 is 0. The van der Waals surface area contributed by atoms with Crippen LogP contribution in [0, 0.1) is 11.8 Å². The van der Waals surface area contributed by atoms with Crippen molar-refractivity contribution in [3.8, 4) is 22.3 Å². The first-order chi connectivity index (χ1) is 28.3. The second-order valence-electron chi connectivity index (χ2n) is 14.9. The Bertz CT molecular complexity index is 2050. The van der Waals surface area contributed by atoms with Crippen LogP contribution in [0.2, 0.25) is 0 Å². The van der Waals surface area contributed by atoms with Gasteiger partial charge in [-0.15, -0.1) is 0 Å². The fraction of sp³-hybridized carbons (Fsp3) is 0.372. The van der Waals surface area contributed by atoms with Crippen LogP contribution in [0.4, 0.5) is 0 Å². The first-order valence-corrected chi connectivity index (χ1v) is 19.3. The van der Waals surface area contributed by atoms with Crippen molar-refractivity contribution in [1.82, 2.24) is 31.9 Å². The van der Waals surface area contributed by atoms with Gasteiger partial charge in [0, 0.05) is 17.5 Å². The van der Waals surface area contributed by atoms with Gasteiger partial charge in [0.15, 0.2) is 0 Å². The molecule has 0 saturated carbocycles. The van der Waals surface area contributed by atoms with Crippen molar-refractivity contribution < 1.29 is 53.4 Å². The second kappa shape index (κ2) is 22.3. The standard InChI is InChI=1S/C43H52N6O11/c1-23(2)36(42(58)47-33(19-20-35(52)53)41(57)49-37(24(3)4)43(59)60)48-38(54)26(6)46-34(51)22-45-40(56)32-17-13-30(14-18-32)28-9-7-27(8-10-28)29-11-15-31(16-12-29)39(55)44-21-25(5)50/h7-18,23-24,26,33,36-37H,19-22H2,1-6H3,(H,44,55)(H,45,56)(H,46,51)(H,47,58)(H,48,54)(H,49,57)(H,52,53)(H,59,60)/t26-,33-,36-,37-/m0/s1. The molecule has 0 spiro atoms. The molecule has 3 rings (SSSR count). The average molecular weight is 829 g/mol. The summed E-state index contributed by atoms with van der Waals surface area (Å²) in [5.41, 5.74) is 4.24. The van der Waals surface area contributed by atoms with Crippen molar-refractivity contribution >= 4 is 53.2 Å². The van der Waals surface area contributed by atoms with Crippen molar-refractivity contribution in [2.45, 2.75) is 78.6 Å². The molecule has 17 nitrogen and oxygen atoms in total. The first kappa shape index (κ1) is 47.5. The zero-order chi connectivity index (χ0) is 44.7. The van der Waals surface area contributed by atoms with Gasteiger partial charge in [-0.3, -0.25) is 38.4 Å². The molecule has 0 aliphatic rings. The smallest absolute Gasteiger partial charge is 0.326 e. The largest absolute Gasteiger partial charge is 0.481 e. The summed E-state index contributed by atoms with van der Waals surface area (Å²) in [4.78, 5) is 111. The third-order valence-corrected chi connectivity index (χ3v) is 9.28. The molecule has 0 heterocycles. The zero-order valence-electron chi connectivity index (χ0n) is 34.3. The third kappa shape index (κ3) is 14.5. The molecule has 0 aliphatic carbocycles. The van der Waals surface area contributed by atoms with Crippen LogP contribution >= 0.6 is 0 Å². The number of amides is 6. The molecule has 0 fully saturated rings. The predicted octanol–water partition coefficient (Wildman–Crippen LogP) is 2.29. The normalized spacial score (nSPS) is 12.9. The molecule has 0 radical (unpaired) electrons. The Labute approximate surface area is 347 Å². The maximum atomic E-state index is 13.3. The van der Waals surface area contributed by atoms with Gasteiger partial charge in [0.05, 0.1) is 13.1 Å². The number of hydrogen-bond donors (Lipinski definition) is 8. The summed E-state index contributed by atoms with van der Waals surface area (Å²) in [5, 5.41) is 33.4. The van der Waals surface area contributed by atoms with Crippen molar-refractivity contribution in [2.24, 2.45) is 11.8 Å². The number of benzene rings is 3. The average Bonchev–Trinajstić information content (AvgIpc) is 3.20. The fourth-order valence-electron chi connectivity index (χ4n) is 5.79. The molecule has 6 amide bonds. The minimum atomic E-state index is -1.42. The first-order valence-electron chi connectivity index (χ1n) is 19.3.